The maximum Gasteiger partial charge on any atom is 0.226 e. The van der Waals surface area contributed by atoms with Gasteiger partial charge in [0.05, 0.1) is 0 Å². The van der Waals surface area contributed by atoms with Crippen LogP contribution in [-0.4, -0.2) is 40.7 Å². The molecule has 1 aliphatic heterocycles. The largest absolute Gasteiger partial charge is 0.339 e. The molecule has 0 aromatic carbocycles. The molecule has 0 saturated carbocycles. The van der Waals surface area contributed by atoms with Crippen LogP contribution in [0.15, 0.2) is 4.52 Å². The first-order chi connectivity index (χ1) is 9.19. The molecule has 0 amide bonds. The minimum absolute atomic E-state index is 0.659. The molecule has 0 atom stereocenters. The van der Waals surface area contributed by atoms with Gasteiger partial charge in [-0.05, 0) is 58.7 Å². The Morgan fingerprint density at radius 2 is 2.11 bits per heavy atom. The van der Waals surface area contributed by atoms with Crippen LogP contribution in [0.5, 0.6) is 0 Å². The number of rotatable bonds is 6. The first kappa shape index (κ1) is 14.5. The Bertz CT molecular complexity index is 369. The van der Waals surface area contributed by atoms with Crippen LogP contribution in [0.2, 0.25) is 0 Å². The fraction of sp³-hybridized carbons (Fsp3) is 0.857. The van der Waals surface area contributed by atoms with E-state index in [1.807, 2.05) is 0 Å². The summed E-state index contributed by atoms with van der Waals surface area (Å²) in [7, 11) is 0. The highest BCUT2D eigenvalue weighted by Gasteiger charge is 2.22. The van der Waals surface area contributed by atoms with Gasteiger partial charge in [0, 0.05) is 18.9 Å². The van der Waals surface area contributed by atoms with Gasteiger partial charge in [0.2, 0.25) is 5.89 Å². The smallest absolute Gasteiger partial charge is 0.226 e. The molecule has 0 aliphatic carbocycles. The van der Waals surface area contributed by atoms with Gasteiger partial charge in [-0.1, -0.05) is 5.16 Å². The molecular formula is C14H26N4O. The highest BCUT2D eigenvalue weighted by molar-refractivity contribution is 4.89. The van der Waals surface area contributed by atoms with Crippen LogP contribution in [0.1, 0.15) is 44.8 Å². The molecule has 0 unspecified atom stereocenters. The molecule has 1 saturated heterocycles. The number of aryl methyl sites for hydroxylation is 1. The molecule has 0 spiro atoms. The minimum atomic E-state index is 0.659. The van der Waals surface area contributed by atoms with Gasteiger partial charge in [-0.15, -0.1) is 0 Å². The van der Waals surface area contributed by atoms with Gasteiger partial charge < -0.3 is 15.2 Å². The summed E-state index contributed by atoms with van der Waals surface area (Å²) >= 11 is 0. The first-order valence-corrected chi connectivity index (χ1v) is 7.44. The van der Waals surface area contributed by atoms with Gasteiger partial charge in [0.1, 0.15) is 0 Å². The number of likely N-dealkylation sites (tertiary alicyclic amines) is 1. The number of aromatic nitrogens is 2. The molecule has 5 nitrogen and oxygen atoms in total. The number of hydrogen-bond donors (Lipinski definition) is 1. The van der Waals surface area contributed by atoms with Gasteiger partial charge in [0.15, 0.2) is 5.82 Å². The molecule has 2 N–H and O–H groups in total. The molecule has 1 aromatic rings. The second kappa shape index (κ2) is 7.01. The molecular weight excluding hydrogens is 240 g/mol. The Morgan fingerprint density at radius 1 is 1.37 bits per heavy atom. The predicted octanol–water partition coefficient (Wildman–Crippen LogP) is 1.62. The van der Waals surface area contributed by atoms with Crippen molar-refractivity contribution < 1.29 is 4.52 Å². The topological polar surface area (TPSA) is 68.2 Å². The number of nitrogens with two attached hydrogens (primary N) is 1. The average molecular weight is 266 g/mol. The fourth-order valence-electron chi connectivity index (χ4n) is 2.66. The standard InChI is InChI=1S/C14H26N4O/c1-11(2)18-8-5-12(6-9-18)10-14-16-13(17-19-14)4-3-7-15/h11-12H,3-10,15H2,1-2H3. The summed E-state index contributed by atoms with van der Waals surface area (Å²) in [6.45, 7) is 7.59. The van der Waals surface area contributed by atoms with E-state index in [1.54, 1.807) is 0 Å². The minimum Gasteiger partial charge on any atom is -0.339 e. The lowest BCUT2D eigenvalue weighted by molar-refractivity contribution is 0.145. The Hall–Kier alpha value is -0.940. The summed E-state index contributed by atoms with van der Waals surface area (Å²) in [5.74, 6) is 2.30. The number of nitrogens with zero attached hydrogens (tertiary/aromatic N) is 3. The third kappa shape index (κ3) is 4.28. The molecule has 0 radical (unpaired) electrons. The summed E-state index contributed by atoms with van der Waals surface area (Å²) in [6, 6.07) is 0.659. The fourth-order valence-corrected chi connectivity index (χ4v) is 2.66. The summed E-state index contributed by atoms with van der Waals surface area (Å²) in [4.78, 5) is 6.99. The molecule has 5 heteroatoms. The lowest BCUT2D eigenvalue weighted by Crippen LogP contribution is -2.38. The third-order valence-electron chi connectivity index (χ3n) is 3.96. The summed E-state index contributed by atoms with van der Waals surface area (Å²) < 4.78 is 5.32. The van der Waals surface area contributed by atoms with Crippen molar-refractivity contribution in [1.82, 2.24) is 15.0 Å². The molecule has 1 aromatic heterocycles. The van der Waals surface area contributed by atoms with Crippen molar-refractivity contribution in [3.63, 3.8) is 0 Å². The van der Waals surface area contributed by atoms with Crippen LogP contribution in [-0.2, 0) is 12.8 Å². The molecule has 19 heavy (non-hydrogen) atoms. The van der Waals surface area contributed by atoms with Crippen LogP contribution in [0.25, 0.3) is 0 Å². The van der Waals surface area contributed by atoms with E-state index >= 15 is 0 Å². The Morgan fingerprint density at radius 3 is 2.74 bits per heavy atom. The van der Waals surface area contributed by atoms with E-state index in [9.17, 15) is 0 Å². The molecule has 2 rings (SSSR count). The van der Waals surface area contributed by atoms with Crippen LogP contribution in [0, 0.1) is 5.92 Å². The van der Waals surface area contributed by atoms with E-state index in [-0.39, 0.29) is 0 Å². The van der Waals surface area contributed by atoms with E-state index in [4.69, 9.17) is 10.3 Å². The predicted molar refractivity (Wildman–Crippen MR) is 74.8 cm³/mol. The van der Waals surface area contributed by atoms with Gasteiger partial charge in [-0.25, -0.2) is 0 Å². The Labute approximate surface area is 115 Å². The highest BCUT2D eigenvalue weighted by atomic mass is 16.5. The lowest BCUT2D eigenvalue weighted by Gasteiger charge is -2.34. The zero-order valence-electron chi connectivity index (χ0n) is 12.1. The van der Waals surface area contributed by atoms with Gasteiger partial charge in [-0.3, -0.25) is 0 Å². The van der Waals surface area contributed by atoms with E-state index in [0.29, 0.717) is 18.5 Å². The molecule has 1 aliphatic rings. The van der Waals surface area contributed by atoms with Crippen molar-refractivity contribution in [3.8, 4) is 0 Å². The van der Waals surface area contributed by atoms with Gasteiger partial charge in [-0.2, -0.15) is 4.98 Å². The molecule has 0 bridgehead atoms. The second-order valence-electron chi connectivity index (χ2n) is 5.77. The van der Waals surface area contributed by atoms with Crippen molar-refractivity contribution in [2.24, 2.45) is 11.7 Å². The van der Waals surface area contributed by atoms with Crippen molar-refractivity contribution in [2.75, 3.05) is 19.6 Å². The molecule has 1 fully saturated rings. The van der Waals surface area contributed by atoms with Crippen LogP contribution < -0.4 is 5.73 Å². The molecule has 2 heterocycles. The quantitative estimate of drug-likeness (QED) is 0.847. The van der Waals surface area contributed by atoms with Crippen LogP contribution >= 0.6 is 0 Å². The summed E-state index contributed by atoms with van der Waals surface area (Å²) in [6.07, 6.45) is 5.15. The van der Waals surface area contributed by atoms with E-state index in [0.717, 1.165) is 31.0 Å². The summed E-state index contributed by atoms with van der Waals surface area (Å²) in [5, 5.41) is 4.01. The van der Waals surface area contributed by atoms with E-state index < -0.39 is 0 Å². The lowest BCUT2D eigenvalue weighted by atomic mass is 9.93. The van der Waals surface area contributed by atoms with Crippen molar-refractivity contribution in [1.29, 1.82) is 0 Å². The second-order valence-corrected chi connectivity index (χ2v) is 5.77. The van der Waals surface area contributed by atoms with Crippen LogP contribution in [0.3, 0.4) is 0 Å². The first-order valence-electron chi connectivity index (χ1n) is 7.44. The SMILES string of the molecule is CC(C)N1CCC(Cc2nc(CCCN)no2)CC1. The van der Waals surface area contributed by atoms with E-state index in [2.05, 4.69) is 28.9 Å². The maximum absolute atomic E-state index is 5.48. The average Bonchev–Trinajstić information content (AvgIpc) is 2.84. The van der Waals surface area contributed by atoms with Crippen molar-refractivity contribution >= 4 is 0 Å². The van der Waals surface area contributed by atoms with Crippen LogP contribution in [0.4, 0.5) is 0 Å². The Kier molecular flexibility index (Phi) is 5.34. The van der Waals surface area contributed by atoms with Gasteiger partial charge in [0.25, 0.3) is 0 Å². The van der Waals surface area contributed by atoms with Crippen molar-refractivity contribution in [3.05, 3.63) is 11.7 Å². The van der Waals surface area contributed by atoms with E-state index in [1.165, 1.54) is 25.9 Å². The summed E-state index contributed by atoms with van der Waals surface area (Å²) in [5.41, 5.74) is 5.48. The monoisotopic (exact) mass is 266 g/mol. The zero-order valence-corrected chi connectivity index (χ0v) is 12.1. The van der Waals surface area contributed by atoms with Crippen molar-refractivity contribution in [2.45, 2.75) is 52.0 Å². The zero-order chi connectivity index (χ0) is 13.7. The third-order valence-corrected chi connectivity index (χ3v) is 3.96. The normalized spacial score (nSPS) is 18.3. The highest BCUT2D eigenvalue weighted by Crippen LogP contribution is 2.22. The van der Waals surface area contributed by atoms with Gasteiger partial charge >= 0.3 is 0 Å². The molecule has 108 valence electrons. The number of piperidine rings is 1. The maximum atomic E-state index is 5.48. The Balaban J connectivity index is 1.77. The number of hydrogen-bond acceptors (Lipinski definition) is 5.